The number of aromatic nitrogens is 6. The number of ether oxygens (including phenoxy) is 1. The Morgan fingerprint density at radius 3 is 2.84 bits per heavy atom. The molecule has 0 aliphatic heterocycles. The molecule has 2 aromatic carbocycles. The monoisotopic (exact) mass is 421 g/mol. The van der Waals surface area contributed by atoms with E-state index >= 15 is 0 Å². The van der Waals surface area contributed by atoms with Crippen molar-refractivity contribution in [2.75, 3.05) is 5.32 Å². The molecular weight excluding hydrogens is 401 g/mol. The molecular formula is C21H20FN7O2. The average Bonchev–Trinajstić information content (AvgIpc) is 3.43. The van der Waals surface area contributed by atoms with E-state index < -0.39 is 0 Å². The Morgan fingerprint density at radius 1 is 1.19 bits per heavy atom. The maximum absolute atomic E-state index is 13.0. The predicted molar refractivity (Wildman–Crippen MR) is 110 cm³/mol. The van der Waals surface area contributed by atoms with Crippen LogP contribution in [-0.2, 0) is 19.7 Å². The molecule has 9 nitrogen and oxygen atoms in total. The third kappa shape index (κ3) is 5.10. The van der Waals surface area contributed by atoms with Crippen molar-refractivity contribution in [1.29, 1.82) is 0 Å². The number of carbonyl (C=O) groups is 1. The van der Waals surface area contributed by atoms with E-state index in [4.69, 9.17) is 4.74 Å². The van der Waals surface area contributed by atoms with E-state index in [0.29, 0.717) is 35.9 Å². The van der Waals surface area contributed by atoms with Crippen molar-refractivity contribution < 1.29 is 13.9 Å². The maximum atomic E-state index is 13.0. The van der Waals surface area contributed by atoms with Gasteiger partial charge in [0, 0.05) is 18.3 Å². The van der Waals surface area contributed by atoms with Gasteiger partial charge in [-0.05, 0) is 53.2 Å². The van der Waals surface area contributed by atoms with Crippen LogP contribution in [0.2, 0.25) is 0 Å². The molecule has 1 N–H and O–H groups in total. The fourth-order valence-electron chi connectivity index (χ4n) is 2.94. The van der Waals surface area contributed by atoms with Crippen LogP contribution >= 0.6 is 0 Å². The number of nitrogens with zero attached hydrogens (tertiary/aromatic N) is 6. The fraction of sp³-hybridized carbons (Fsp3) is 0.190. The molecule has 0 radical (unpaired) electrons. The third-order valence-corrected chi connectivity index (χ3v) is 4.52. The molecule has 0 saturated heterocycles. The van der Waals surface area contributed by atoms with Gasteiger partial charge in [0.1, 0.15) is 18.2 Å². The summed E-state index contributed by atoms with van der Waals surface area (Å²) in [6.45, 7) is 3.24. The highest BCUT2D eigenvalue weighted by atomic mass is 19.1. The van der Waals surface area contributed by atoms with Crippen molar-refractivity contribution >= 4 is 11.6 Å². The average molecular weight is 421 g/mol. The van der Waals surface area contributed by atoms with E-state index in [1.165, 1.54) is 12.1 Å². The van der Waals surface area contributed by atoms with Crippen molar-refractivity contribution in [2.24, 2.45) is 0 Å². The summed E-state index contributed by atoms with van der Waals surface area (Å²) in [5.41, 5.74) is 1.90. The third-order valence-electron chi connectivity index (χ3n) is 4.52. The minimum atomic E-state index is -0.287. The molecule has 31 heavy (non-hydrogen) atoms. The van der Waals surface area contributed by atoms with Gasteiger partial charge in [0.15, 0.2) is 5.82 Å². The number of aryl methyl sites for hydroxylation is 1. The first kappa shape index (κ1) is 20.2. The summed E-state index contributed by atoms with van der Waals surface area (Å²) in [5.74, 6) is 0.564. The second-order valence-electron chi connectivity index (χ2n) is 6.73. The summed E-state index contributed by atoms with van der Waals surface area (Å²) in [7, 11) is 0. The summed E-state index contributed by atoms with van der Waals surface area (Å²) in [6, 6.07) is 13.0. The van der Waals surface area contributed by atoms with Gasteiger partial charge in [0.05, 0.1) is 18.4 Å². The number of tetrazole rings is 1. The lowest BCUT2D eigenvalue weighted by atomic mass is 10.2. The molecule has 0 fully saturated rings. The highest BCUT2D eigenvalue weighted by molar-refractivity contribution is 6.04. The minimum Gasteiger partial charge on any atom is -0.486 e. The Hall–Kier alpha value is -4.08. The van der Waals surface area contributed by atoms with Crippen molar-refractivity contribution in [2.45, 2.75) is 26.6 Å². The first-order chi connectivity index (χ1) is 15.1. The van der Waals surface area contributed by atoms with E-state index in [-0.39, 0.29) is 18.3 Å². The van der Waals surface area contributed by atoms with Crippen molar-refractivity contribution in [3.63, 3.8) is 0 Å². The van der Waals surface area contributed by atoms with Crippen LogP contribution in [-0.4, -0.2) is 35.9 Å². The topological polar surface area (TPSA) is 99.8 Å². The SMILES string of the molecule is CCn1nnnc1COc1cccc(C(=O)Nc2cnn(Cc3ccc(F)cc3)c2)c1. The largest absolute Gasteiger partial charge is 0.486 e. The smallest absolute Gasteiger partial charge is 0.255 e. The second kappa shape index (κ2) is 9.16. The number of carbonyl (C=O) groups excluding carboxylic acids is 1. The van der Waals surface area contributed by atoms with E-state index in [0.717, 1.165) is 5.56 Å². The number of hydrogen-bond acceptors (Lipinski definition) is 6. The lowest BCUT2D eigenvalue weighted by Gasteiger charge is -2.08. The Balaban J connectivity index is 1.37. The van der Waals surface area contributed by atoms with E-state index in [1.54, 1.807) is 58.2 Å². The zero-order valence-corrected chi connectivity index (χ0v) is 16.8. The number of anilines is 1. The molecule has 158 valence electrons. The lowest BCUT2D eigenvalue weighted by Crippen LogP contribution is -2.12. The van der Waals surface area contributed by atoms with Gasteiger partial charge in [-0.15, -0.1) is 5.10 Å². The highest BCUT2D eigenvalue weighted by Crippen LogP contribution is 2.17. The molecule has 4 aromatic rings. The van der Waals surface area contributed by atoms with Crippen LogP contribution in [0.4, 0.5) is 10.1 Å². The molecule has 0 aliphatic carbocycles. The van der Waals surface area contributed by atoms with Crippen molar-refractivity contribution in [1.82, 2.24) is 30.0 Å². The van der Waals surface area contributed by atoms with Gasteiger partial charge in [0.25, 0.3) is 5.91 Å². The Bertz CT molecular complexity index is 1170. The molecule has 2 aromatic heterocycles. The molecule has 10 heteroatoms. The zero-order valence-electron chi connectivity index (χ0n) is 16.8. The van der Waals surface area contributed by atoms with Crippen LogP contribution < -0.4 is 10.1 Å². The molecule has 4 rings (SSSR count). The normalized spacial score (nSPS) is 10.8. The second-order valence-corrected chi connectivity index (χ2v) is 6.73. The Labute approximate surface area is 177 Å². The fourth-order valence-corrected chi connectivity index (χ4v) is 2.94. The van der Waals surface area contributed by atoms with Crippen molar-refractivity contribution in [3.8, 4) is 5.75 Å². The van der Waals surface area contributed by atoms with Gasteiger partial charge in [-0.2, -0.15) is 5.10 Å². The van der Waals surface area contributed by atoms with Crippen LogP contribution in [0.1, 0.15) is 28.7 Å². The molecule has 0 unspecified atom stereocenters. The molecule has 1 amide bonds. The first-order valence-corrected chi connectivity index (χ1v) is 9.67. The van der Waals surface area contributed by atoms with Gasteiger partial charge < -0.3 is 10.1 Å². The van der Waals surface area contributed by atoms with Crippen LogP contribution in [0.25, 0.3) is 0 Å². The summed E-state index contributed by atoms with van der Waals surface area (Å²) >= 11 is 0. The van der Waals surface area contributed by atoms with Crippen LogP contribution in [0, 0.1) is 5.82 Å². The molecule has 0 bridgehead atoms. The number of benzene rings is 2. The zero-order chi connectivity index (χ0) is 21.6. The Morgan fingerprint density at radius 2 is 2.03 bits per heavy atom. The summed E-state index contributed by atoms with van der Waals surface area (Å²) in [6.07, 6.45) is 3.28. The molecule has 0 spiro atoms. The van der Waals surface area contributed by atoms with E-state index in [2.05, 4.69) is 25.9 Å². The van der Waals surface area contributed by atoms with E-state index in [9.17, 15) is 9.18 Å². The van der Waals surface area contributed by atoms with Crippen LogP contribution in [0.3, 0.4) is 0 Å². The van der Waals surface area contributed by atoms with Gasteiger partial charge in [-0.1, -0.05) is 18.2 Å². The number of amides is 1. The molecule has 0 saturated carbocycles. The van der Waals surface area contributed by atoms with Gasteiger partial charge in [-0.3, -0.25) is 9.48 Å². The first-order valence-electron chi connectivity index (χ1n) is 9.67. The predicted octanol–water partition coefficient (Wildman–Crippen LogP) is 2.91. The standard InChI is InChI=1S/C21H20FN7O2/c1-2-29-20(25-26-27-29)14-31-19-5-3-4-16(10-19)21(30)24-18-11-23-28(13-18)12-15-6-8-17(22)9-7-15/h3-11,13H,2,12,14H2,1H3,(H,24,30). The quantitative estimate of drug-likeness (QED) is 0.470. The van der Waals surface area contributed by atoms with Crippen molar-refractivity contribution in [3.05, 3.63) is 83.7 Å². The van der Waals surface area contributed by atoms with Gasteiger partial charge in [0.2, 0.25) is 0 Å². The van der Waals surface area contributed by atoms with Gasteiger partial charge >= 0.3 is 0 Å². The summed E-state index contributed by atoms with van der Waals surface area (Å²) in [5, 5.41) is 18.5. The lowest BCUT2D eigenvalue weighted by molar-refractivity contribution is 0.102. The molecule has 0 aliphatic rings. The molecule has 2 heterocycles. The summed E-state index contributed by atoms with van der Waals surface area (Å²) in [4.78, 5) is 12.6. The van der Waals surface area contributed by atoms with E-state index in [1.807, 2.05) is 6.92 Å². The van der Waals surface area contributed by atoms with Crippen LogP contribution in [0.15, 0.2) is 60.9 Å². The highest BCUT2D eigenvalue weighted by Gasteiger charge is 2.10. The maximum Gasteiger partial charge on any atom is 0.255 e. The summed E-state index contributed by atoms with van der Waals surface area (Å²) < 4.78 is 22.1. The van der Waals surface area contributed by atoms with Crippen LogP contribution in [0.5, 0.6) is 5.75 Å². The number of hydrogen-bond donors (Lipinski definition) is 1. The van der Waals surface area contributed by atoms with Gasteiger partial charge in [-0.25, -0.2) is 9.07 Å². The number of nitrogens with one attached hydrogen (secondary N) is 1. The molecule has 0 atom stereocenters. The number of halogens is 1. The minimum absolute atomic E-state index is 0.196. The number of rotatable bonds is 8. The Kier molecular flexibility index (Phi) is 5.97.